The van der Waals surface area contributed by atoms with Crippen LogP contribution in [0.2, 0.25) is 0 Å². The van der Waals surface area contributed by atoms with Gasteiger partial charge in [0.25, 0.3) is 0 Å². The smallest absolute Gasteiger partial charge is 0.326 e. The standard InChI is InChI=1S/C69H122N30O23/c1-30(2)20-40(91-51(107)32(5)70)56(112)94-43(23-48(71)104)59(115)89-38(14-10-18-83-68(76)77)55(111)99-50(34(7)103)64(120)98-47(28-102)63(119)97-46(27-101)62(118)95-44(24-49(105)106)60(116)96-45(26-100)61(117)86-33(6)52(108)92-41(21-31(3)4)57(113)93-42(22-35-25-80-29-85-35)58(114)88-36(12-8-16-81-66(72)73)53(109)87-37(13-9-17-82-67(74)75)54(110)90-39(65(121)122)15-11-19-84-69(78)79/h25,29-34,36-47,50,100-103H,8-24,26-28,70H2,1-7H3,(H2,71,104)(H,80,85)(H,86,117)(H,87,109)(H,88,114)(H,89,115)(H,90,110)(H,91,107)(H,92,108)(H,93,113)(H,94,112)(H,95,118)(H,96,116)(H,97,119)(H,98,120)(H,99,111)(H,105,106)(H,121,122)(H4,72,73,81)(H4,74,75,82)(H4,76,77,83)(H4,78,79,84)/t32-,33-,34+,36-,37-,38-,39-,40-,41-,42-,43-,44-,45-,46-,47-,50-/m0/s1. The molecule has 0 radical (unpaired) electrons. The number of carbonyl (C=O) groups is 17. The van der Waals surface area contributed by atoms with Gasteiger partial charge in [0.15, 0.2) is 23.8 Å². The maximum Gasteiger partial charge on any atom is 0.326 e. The Morgan fingerprint density at radius 3 is 1.01 bits per heavy atom. The van der Waals surface area contributed by atoms with E-state index in [0.717, 1.165) is 13.8 Å². The third-order valence-corrected chi connectivity index (χ3v) is 17.5. The second-order valence-corrected chi connectivity index (χ2v) is 29.1. The fraction of sp³-hybridized carbons (Fsp3) is 0.652. The van der Waals surface area contributed by atoms with E-state index in [2.05, 4.69) is 84.4 Å². The van der Waals surface area contributed by atoms with Crippen molar-refractivity contribution in [2.45, 2.75) is 229 Å². The number of hydrogen-bond acceptors (Lipinski definition) is 27. The van der Waals surface area contributed by atoms with Crippen molar-refractivity contribution in [3.8, 4) is 0 Å². The van der Waals surface area contributed by atoms with Gasteiger partial charge >= 0.3 is 11.9 Å². The quantitative estimate of drug-likeness (QED) is 0.0164. The number of nitrogens with zero attached hydrogens (tertiary/aromatic N) is 1. The fourth-order valence-corrected chi connectivity index (χ4v) is 11.1. The molecule has 1 heterocycles. The van der Waals surface area contributed by atoms with E-state index in [4.69, 9.17) is 56.0 Å². The first-order valence-corrected chi connectivity index (χ1v) is 38.7. The Morgan fingerprint density at radius 1 is 0.377 bits per heavy atom. The Kier molecular flexibility index (Phi) is 48.9. The van der Waals surface area contributed by atoms with Crippen LogP contribution in [0.1, 0.15) is 131 Å². The molecule has 0 aliphatic rings. The zero-order valence-corrected chi connectivity index (χ0v) is 68.7. The van der Waals surface area contributed by atoms with Crippen LogP contribution in [-0.4, -0.2) is 308 Å². The Morgan fingerprint density at radius 2 is 0.672 bits per heavy atom. The summed E-state index contributed by atoms with van der Waals surface area (Å²) in [6, 6.07) is -25.9. The molecule has 0 aliphatic heterocycles. The number of hydrogen-bond donors (Lipinski definition) is 35. The predicted molar refractivity (Wildman–Crippen MR) is 431 cm³/mol. The predicted octanol–water partition coefficient (Wildman–Crippen LogP) is -14.0. The molecule has 0 fully saturated rings. The number of nitrogens with two attached hydrogens (primary N) is 6. The second-order valence-electron chi connectivity index (χ2n) is 29.1. The van der Waals surface area contributed by atoms with Crippen molar-refractivity contribution in [2.75, 3.05) is 46.0 Å². The van der Waals surface area contributed by atoms with Gasteiger partial charge in [-0.1, -0.05) is 27.7 Å². The van der Waals surface area contributed by atoms with E-state index >= 15 is 0 Å². The first-order chi connectivity index (χ1) is 57.1. The third kappa shape index (κ3) is 42.7. The number of aliphatic carboxylic acids is 2. The Bertz CT molecular complexity index is 3740. The van der Waals surface area contributed by atoms with Crippen LogP contribution in [0.25, 0.3) is 0 Å². The van der Waals surface area contributed by atoms with Crippen molar-refractivity contribution < 1.29 is 112 Å². The van der Waals surface area contributed by atoms with Gasteiger partial charge in [0, 0.05) is 38.8 Å². The summed E-state index contributed by atoms with van der Waals surface area (Å²) in [5, 5.41) is 134. The van der Waals surface area contributed by atoms with Gasteiger partial charge in [-0.2, -0.15) is 0 Å². The Balaban J connectivity index is 3.50. The van der Waals surface area contributed by atoms with Crippen LogP contribution in [0.3, 0.4) is 0 Å². The van der Waals surface area contributed by atoms with Gasteiger partial charge in [0.2, 0.25) is 88.6 Å². The maximum absolute atomic E-state index is 14.6. The van der Waals surface area contributed by atoms with Gasteiger partial charge < -0.3 is 166 Å². The molecule has 1 aromatic heterocycles. The number of aliphatic hydroxyl groups is 4. The molecule has 0 aromatic carbocycles. The summed E-state index contributed by atoms with van der Waals surface area (Å²) in [5.41, 5.74) is 32.9. The Labute approximate surface area is 700 Å². The van der Waals surface area contributed by atoms with Crippen LogP contribution in [0.15, 0.2) is 12.5 Å². The van der Waals surface area contributed by atoms with Crippen LogP contribution in [-0.2, 0) is 87.9 Å². The minimum absolute atomic E-state index is 0.0184. The van der Waals surface area contributed by atoms with Gasteiger partial charge in [-0.25, -0.2) is 9.78 Å². The van der Waals surface area contributed by atoms with Gasteiger partial charge in [-0.15, -0.1) is 0 Å². The van der Waals surface area contributed by atoms with E-state index in [1.54, 1.807) is 27.7 Å². The zero-order chi connectivity index (χ0) is 92.8. The number of aromatic amines is 1. The number of H-pyrrole nitrogens is 1. The first-order valence-electron chi connectivity index (χ1n) is 38.7. The largest absolute Gasteiger partial charge is 0.481 e. The normalized spacial score (nSPS) is 14.9. The number of carboxylic acid groups (broad SMARTS) is 2. The number of carboxylic acids is 2. The highest BCUT2D eigenvalue weighted by Crippen LogP contribution is 2.13. The lowest BCUT2D eigenvalue weighted by Crippen LogP contribution is -2.63. The van der Waals surface area contributed by atoms with Gasteiger partial charge in [0.1, 0.15) is 84.6 Å². The fourth-order valence-electron chi connectivity index (χ4n) is 11.1. The lowest BCUT2D eigenvalue weighted by atomic mass is 10.0. The highest BCUT2D eigenvalue weighted by molar-refractivity contribution is 6.01. The Hall–Kier alpha value is -12.9. The van der Waals surface area contributed by atoms with Crippen LogP contribution >= 0.6 is 0 Å². The summed E-state index contributed by atoms with van der Waals surface area (Å²) in [6.07, 6.45) is -2.65. The summed E-state index contributed by atoms with van der Waals surface area (Å²) in [7, 11) is 0. The van der Waals surface area contributed by atoms with E-state index in [0.29, 0.717) is 0 Å². The van der Waals surface area contributed by atoms with Gasteiger partial charge in [0.05, 0.1) is 56.8 Å². The molecule has 0 spiro atoms. The molecule has 0 unspecified atom stereocenters. The van der Waals surface area contributed by atoms with Crippen molar-refractivity contribution in [3.63, 3.8) is 0 Å². The van der Waals surface area contributed by atoms with Gasteiger partial charge in [-0.05, 0) is 96.8 Å². The molecule has 1 aromatic rings. The molecule has 122 heavy (non-hydrogen) atoms. The second kappa shape index (κ2) is 55.8. The number of amides is 15. The van der Waals surface area contributed by atoms with Crippen molar-refractivity contribution >= 4 is 124 Å². The lowest BCUT2D eigenvalue weighted by molar-refractivity contribution is -0.142. The summed E-state index contributed by atoms with van der Waals surface area (Å²) in [5.74, 6) is -23.2. The molecular formula is C69H122N30O23. The van der Waals surface area contributed by atoms with Crippen LogP contribution < -0.4 is 130 Å². The number of carbonyl (C=O) groups excluding carboxylic acids is 15. The van der Waals surface area contributed by atoms with Crippen molar-refractivity contribution in [2.24, 2.45) is 46.2 Å². The highest BCUT2D eigenvalue weighted by atomic mass is 16.4. The van der Waals surface area contributed by atoms with E-state index in [1.807, 2.05) is 21.3 Å². The average Bonchev–Trinajstić information content (AvgIpc) is 1.51. The molecule has 0 bridgehead atoms. The highest BCUT2D eigenvalue weighted by Gasteiger charge is 2.40. The molecule has 0 aliphatic carbocycles. The molecule has 0 saturated heterocycles. The SMILES string of the molecule is CC(C)C[C@H](NC(=O)[C@H](C)N)C(=O)N[C@@H](CC(N)=O)C(=O)N[C@@H](CCCNC(=N)N)C(=O)N[C@H](C(=O)N[C@@H](CO)C(=O)N[C@@H](CO)C(=O)N[C@@H](CC(=O)O)C(=O)N[C@@H](CO)C(=O)N[C@@H](C)C(=O)N[C@@H](CC(C)C)C(=O)N[C@@H](Cc1c[nH]cn1)C(=O)N[C@@H](CCCNC(=N)N)C(=O)N[C@@H](CCCNC(=N)N)C(=O)N[C@@H](CCCNC(=N)N)C(=O)O)[C@@H](C)O. The lowest BCUT2D eigenvalue weighted by Gasteiger charge is -2.28. The molecule has 15 amide bonds. The number of guanidine groups is 4. The minimum atomic E-state index is -2.22. The van der Waals surface area contributed by atoms with Crippen molar-refractivity contribution in [1.29, 1.82) is 21.6 Å². The molecule has 53 nitrogen and oxygen atoms in total. The summed E-state index contributed by atoms with van der Waals surface area (Å²) in [4.78, 5) is 237. The van der Waals surface area contributed by atoms with E-state index in [9.17, 15) is 112 Å². The topological polar surface area (TPSA) is 908 Å². The summed E-state index contributed by atoms with van der Waals surface area (Å²) < 4.78 is 0. The molecule has 53 heteroatoms. The molecular weight excluding hydrogens is 1620 g/mol. The van der Waals surface area contributed by atoms with Gasteiger partial charge in [-0.3, -0.25) is 98.3 Å². The van der Waals surface area contributed by atoms with E-state index in [1.165, 1.54) is 19.4 Å². The molecule has 1 rings (SSSR count). The molecule has 686 valence electrons. The van der Waals surface area contributed by atoms with Crippen molar-refractivity contribution in [1.82, 2.24) is 106 Å². The number of aliphatic hydroxyl groups excluding tert-OH is 4. The number of primary amides is 1. The molecule has 41 N–H and O–H groups in total. The minimum Gasteiger partial charge on any atom is -0.481 e. The number of imidazole rings is 1. The van der Waals surface area contributed by atoms with Crippen LogP contribution in [0, 0.1) is 33.5 Å². The maximum atomic E-state index is 14.6. The van der Waals surface area contributed by atoms with E-state index in [-0.39, 0.29) is 114 Å². The third-order valence-electron chi connectivity index (χ3n) is 17.5. The number of nitrogens with one attached hydrogen (secondary N) is 23. The van der Waals surface area contributed by atoms with Crippen molar-refractivity contribution in [3.05, 3.63) is 18.2 Å². The van der Waals surface area contributed by atoms with Crippen LogP contribution in [0.4, 0.5) is 0 Å². The average molecular weight is 1740 g/mol. The molecule has 16 atom stereocenters. The number of rotatable bonds is 59. The first kappa shape index (κ1) is 107. The summed E-state index contributed by atoms with van der Waals surface area (Å²) in [6.45, 7) is 6.21. The monoisotopic (exact) mass is 1740 g/mol. The van der Waals surface area contributed by atoms with Crippen LogP contribution in [0.5, 0.6) is 0 Å². The zero-order valence-electron chi connectivity index (χ0n) is 68.7. The molecule has 0 saturated carbocycles. The summed E-state index contributed by atoms with van der Waals surface area (Å²) >= 11 is 0. The van der Waals surface area contributed by atoms with E-state index < -0.39 is 254 Å². The number of aromatic nitrogens is 2.